The number of nitrogens with two attached hydrogens (primary N) is 1. The van der Waals surface area contributed by atoms with Gasteiger partial charge in [-0.15, -0.1) is 11.3 Å². The first kappa shape index (κ1) is 17.7. The Kier molecular flexibility index (Phi) is 6.01. The molecule has 1 aromatic carbocycles. The number of nitrogens with one attached hydrogen (secondary N) is 2. The second kappa shape index (κ2) is 7.79. The molecule has 2 rings (SSSR count). The second-order valence-electron chi connectivity index (χ2n) is 5.12. The molecule has 8 heteroatoms. The maximum atomic E-state index is 12.1. The zero-order valence-electron chi connectivity index (χ0n) is 12.4. The molecule has 0 spiro atoms. The van der Waals surface area contributed by atoms with E-state index in [4.69, 9.17) is 28.9 Å². The first-order chi connectivity index (χ1) is 10.9. The van der Waals surface area contributed by atoms with Crippen molar-refractivity contribution in [3.8, 4) is 0 Å². The molecule has 122 valence electrons. The Hall–Kier alpha value is -1.60. The van der Waals surface area contributed by atoms with E-state index in [1.807, 2.05) is 13.1 Å². The van der Waals surface area contributed by atoms with E-state index in [0.717, 1.165) is 10.5 Å². The highest BCUT2D eigenvalue weighted by Gasteiger charge is 2.16. The molecule has 0 aliphatic heterocycles. The fraction of sp³-hybridized carbons (Fsp3) is 0.200. The van der Waals surface area contributed by atoms with Gasteiger partial charge in [-0.05, 0) is 23.6 Å². The van der Waals surface area contributed by atoms with Crippen LogP contribution in [0.2, 0.25) is 10.0 Å². The Morgan fingerprint density at radius 2 is 2.04 bits per heavy atom. The molecule has 1 aromatic heterocycles. The first-order valence-electron chi connectivity index (χ1n) is 6.79. The number of hydrogen-bond donors (Lipinski definition) is 3. The molecule has 2 amide bonds. The van der Waals surface area contributed by atoms with Crippen LogP contribution in [-0.2, 0) is 11.3 Å². The largest absolute Gasteiger partial charge is 0.366 e. The molecule has 0 saturated heterocycles. The van der Waals surface area contributed by atoms with Gasteiger partial charge in [-0.25, -0.2) is 0 Å². The molecular weight excluding hydrogens is 357 g/mol. The van der Waals surface area contributed by atoms with Crippen LogP contribution in [0.15, 0.2) is 29.6 Å². The van der Waals surface area contributed by atoms with E-state index in [-0.39, 0.29) is 12.5 Å². The summed E-state index contributed by atoms with van der Waals surface area (Å²) in [6.07, 6.45) is 0. The van der Waals surface area contributed by atoms with Gasteiger partial charge in [0.05, 0.1) is 17.6 Å². The number of benzene rings is 1. The predicted octanol–water partition coefficient (Wildman–Crippen LogP) is 1.81. The first-order valence-corrected chi connectivity index (χ1v) is 8.42. The fourth-order valence-corrected chi connectivity index (χ4v) is 3.38. The SMILES string of the molecule is C[NH+](CC(=O)Nc1sccc1C(N)=O)Cc1ccc(Cl)cc1Cl. The third-order valence-electron chi connectivity index (χ3n) is 3.15. The van der Waals surface area contributed by atoms with Crippen LogP contribution < -0.4 is 16.0 Å². The van der Waals surface area contributed by atoms with Gasteiger partial charge >= 0.3 is 0 Å². The number of carbonyl (C=O) groups excluding carboxylic acids is 2. The number of halogens is 2. The van der Waals surface area contributed by atoms with Gasteiger partial charge in [0.1, 0.15) is 11.5 Å². The molecular formula is C15H16Cl2N3O2S+. The second-order valence-corrected chi connectivity index (χ2v) is 6.88. The summed E-state index contributed by atoms with van der Waals surface area (Å²) in [4.78, 5) is 24.3. The lowest BCUT2D eigenvalue weighted by atomic mass is 10.2. The molecule has 4 N–H and O–H groups in total. The average Bonchev–Trinajstić information content (AvgIpc) is 2.90. The minimum absolute atomic E-state index is 0.197. The van der Waals surface area contributed by atoms with Gasteiger partial charge in [-0.3, -0.25) is 9.59 Å². The summed E-state index contributed by atoms with van der Waals surface area (Å²) in [7, 11) is 1.88. The third kappa shape index (κ3) is 4.94. The van der Waals surface area contributed by atoms with Gasteiger partial charge in [-0.2, -0.15) is 0 Å². The maximum absolute atomic E-state index is 12.1. The topological polar surface area (TPSA) is 76.6 Å². The van der Waals surface area contributed by atoms with Crippen LogP contribution in [0.25, 0.3) is 0 Å². The summed E-state index contributed by atoms with van der Waals surface area (Å²) in [6.45, 7) is 0.811. The molecule has 2 aromatic rings. The Balaban J connectivity index is 1.94. The lowest BCUT2D eigenvalue weighted by molar-refractivity contribution is -0.885. The molecule has 1 heterocycles. The Morgan fingerprint density at radius 1 is 1.30 bits per heavy atom. The standard InChI is InChI=1S/C15H15Cl2N3O2S/c1-20(7-9-2-3-10(16)6-12(9)17)8-13(21)19-15-11(14(18)22)4-5-23-15/h2-6H,7-8H2,1H3,(H2,18,22)(H,19,21)/p+1. The number of rotatable bonds is 6. The minimum atomic E-state index is -0.560. The Bertz CT molecular complexity index is 733. The molecule has 0 bridgehead atoms. The van der Waals surface area contributed by atoms with Crippen LogP contribution in [0.5, 0.6) is 0 Å². The summed E-state index contributed by atoms with van der Waals surface area (Å²) in [5.74, 6) is -0.757. The lowest BCUT2D eigenvalue weighted by Crippen LogP contribution is -3.08. The maximum Gasteiger partial charge on any atom is 0.280 e. The molecule has 1 unspecified atom stereocenters. The van der Waals surface area contributed by atoms with Gasteiger partial charge in [0.2, 0.25) is 0 Å². The van der Waals surface area contributed by atoms with Crippen LogP contribution in [0.4, 0.5) is 5.00 Å². The van der Waals surface area contributed by atoms with Crippen molar-refractivity contribution >= 4 is 51.4 Å². The number of amides is 2. The number of thiophene rings is 1. The normalized spacial score (nSPS) is 12.0. The van der Waals surface area contributed by atoms with E-state index in [1.54, 1.807) is 23.6 Å². The van der Waals surface area contributed by atoms with Crippen LogP contribution >= 0.6 is 34.5 Å². The zero-order valence-corrected chi connectivity index (χ0v) is 14.7. The number of hydrogen-bond acceptors (Lipinski definition) is 3. The fourth-order valence-electron chi connectivity index (χ4n) is 2.10. The lowest BCUT2D eigenvalue weighted by Gasteiger charge is -2.14. The molecule has 0 aliphatic rings. The number of primary amides is 1. The van der Waals surface area contributed by atoms with Crippen LogP contribution in [-0.4, -0.2) is 25.4 Å². The molecule has 23 heavy (non-hydrogen) atoms. The van der Waals surface area contributed by atoms with E-state index in [9.17, 15) is 9.59 Å². The highest BCUT2D eigenvalue weighted by atomic mass is 35.5. The van der Waals surface area contributed by atoms with Crippen molar-refractivity contribution in [3.05, 3.63) is 50.8 Å². The number of quaternary nitrogens is 1. The van der Waals surface area contributed by atoms with Gasteiger partial charge in [0.25, 0.3) is 11.8 Å². The quantitative estimate of drug-likeness (QED) is 0.722. The smallest absolute Gasteiger partial charge is 0.280 e. The highest BCUT2D eigenvalue weighted by molar-refractivity contribution is 7.14. The van der Waals surface area contributed by atoms with Gasteiger partial charge in [0.15, 0.2) is 6.54 Å². The van der Waals surface area contributed by atoms with E-state index in [1.165, 1.54) is 11.3 Å². The van der Waals surface area contributed by atoms with E-state index in [0.29, 0.717) is 27.2 Å². The van der Waals surface area contributed by atoms with Crippen molar-refractivity contribution in [3.63, 3.8) is 0 Å². The van der Waals surface area contributed by atoms with E-state index < -0.39 is 5.91 Å². The van der Waals surface area contributed by atoms with Crippen molar-refractivity contribution in [2.45, 2.75) is 6.54 Å². The Labute approximate surface area is 148 Å². The number of likely N-dealkylation sites (N-methyl/N-ethyl adjacent to an activating group) is 1. The Morgan fingerprint density at radius 3 is 2.70 bits per heavy atom. The van der Waals surface area contributed by atoms with Crippen LogP contribution in [0.1, 0.15) is 15.9 Å². The van der Waals surface area contributed by atoms with E-state index in [2.05, 4.69) is 5.32 Å². The average molecular weight is 373 g/mol. The molecule has 5 nitrogen and oxygen atoms in total. The summed E-state index contributed by atoms with van der Waals surface area (Å²) >= 11 is 13.3. The van der Waals surface area contributed by atoms with Crippen molar-refractivity contribution < 1.29 is 14.5 Å². The van der Waals surface area contributed by atoms with E-state index >= 15 is 0 Å². The molecule has 0 saturated carbocycles. The monoisotopic (exact) mass is 372 g/mol. The number of carbonyl (C=O) groups is 2. The highest BCUT2D eigenvalue weighted by Crippen LogP contribution is 2.22. The minimum Gasteiger partial charge on any atom is -0.366 e. The molecule has 1 atom stereocenters. The molecule has 0 aliphatic carbocycles. The van der Waals surface area contributed by atoms with Crippen molar-refractivity contribution in [2.24, 2.45) is 5.73 Å². The van der Waals surface area contributed by atoms with Gasteiger partial charge in [0, 0.05) is 10.6 Å². The van der Waals surface area contributed by atoms with Gasteiger partial charge < -0.3 is 16.0 Å². The van der Waals surface area contributed by atoms with Gasteiger partial charge in [-0.1, -0.05) is 29.3 Å². The summed E-state index contributed by atoms with van der Waals surface area (Å²) in [5, 5.41) is 6.05. The zero-order chi connectivity index (χ0) is 17.0. The van der Waals surface area contributed by atoms with Crippen LogP contribution in [0, 0.1) is 0 Å². The van der Waals surface area contributed by atoms with Crippen LogP contribution in [0.3, 0.4) is 0 Å². The van der Waals surface area contributed by atoms with Crippen molar-refractivity contribution in [1.82, 2.24) is 0 Å². The molecule has 0 fully saturated rings. The summed E-state index contributed by atoms with van der Waals surface area (Å²) in [5.41, 5.74) is 6.49. The van der Waals surface area contributed by atoms with Crippen molar-refractivity contribution in [1.29, 1.82) is 0 Å². The summed E-state index contributed by atoms with van der Waals surface area (Å²) < 4.78 is 0. The summed E-state index contributed by atoms with van der Waals surface area (Å²) in [6, 6.07) is 6.88. The molecule has 0 radical (unpaired) electrons. The number of anilines is 1. The third-order valence-corrected chi connectivity index (χ3v) is 4.57. The predicted molar refractivity (Wildman–Crippen MR) is 93.4 cm³/mol. The van der Waals surface area contributed by atoms with Crippen molar-refractivity contribution in [2.75, 3.05) is 18.9 Å².